The van der Waals surface area contributed by atoms with Crippen LogP contribution in [0.3, 0.4) is 0 Å². The molecular formula is C14H24N4O2. The normalized spacial score (nSPS) is 23.1. The lowest BCUT2D eigenvalue weighted by atomic mass is 9.86. The zero-order valence-corrected chi connectivity index (χ0v) is 12.2. The number of nitrogens with one attached hydrogen (secondary N) is 1. The lowest BCUT2D eigenvalue weighted by molar-refractivity contribution is -0.143. The number of carboxylic acids is 1. The molecule has 1 fully saturated rings. The molecule has 112 valence electrons. The Bertz CT molecular complexity index is 444. The zero-order chi connectivity index (χ0) is 14.5. The Morgan fingerprint density at radius 2 is 2.35 bits per heavy atom. The lowest BCUT2D eigenvalue weighted by Crippen LogP contribution is -2.36. The summed E-state index contributed by atoms with van der Waals surface area (Å²) in [6, 6.07) is 0.272. The van der Waals surface area contributed by atoms with Crippen molar-refractivity contribution in [2.24, 2.45) is 11.8 Å². The highest BCUT2D eigenvalue weighted by Crippen LogP contribution is 2.24. The molecule has 1 aromatic heterocycles. The molecule has 1 aliphatic carbocycles. The van der Waals surface area contributed by atoms with E-state index in [4.69, 9.17) is 5.11 Å². The summed E-state index contributed by atoms with van der Waals surface area (Å²) in [5.74, 6) is 0.590. The van der Waals surface area contributed by atoms with E-state index >= 15 is 0 Å². The number of aromatic nitrogens is 3. The first-order valence-electron chi connectivity index (χ1n) is 7.39. The third-order valence-corrected chi connectivity index (χ3v) is 3.81. The second-order valence-electron chi connectivity index (χ2n) is 6.03. The maximum absolute atomic E-state index is 11.1. The number of nitrogens with zero attached hydrogens (tertiary/aromatic N) is 3. The first-order valence-corrected chi connectivity index (χ1v) is 7.39. The SMILES string of the molecule is CC(C)Cn1ncnc1CNC1CCCC(C(=O)O)C1. The van der Waals surface area contributed by atoms with E-state index in [0.717, 1.165) is 31.6 Å². The van der Waals surface area contributed by atoms with Crippen molar-refractivity contribution >= 4 is 5.97 Å². The number of carboxylic acid groups (broad SMARTS) is 1. The van der Waals surface area contributed by atoms with E-state index in [-0.39, 0.29) is 12.0 Å². The molecule has 0 amide bonds. The van der Waals surface area contributed by atoms with E-state index in [1.54, 1.807) is 6.33 Å². The Balaban J connectivity index is 1.86. The molecule has 1 aliphatic rings. The van der Waals surface area contributed by atoms with Crippen LogP contribution in [0.5, 0.6) is 0 Å². The van der Waals surface area contributed by atoms with Crippen molar-refractivity contribution in [1.29, 1.82) is 0 Å². The van der Waals surface area contributed by atoms with Gasteiger partial charge in [-0.05, 0) is 25.2 Å². The van der Waals surface area contributed by atoms with Gasteiger partial charge in [0.2, 0.25) is 0 Å². The minimum absolute atomic E-state index is 0.199. The third kappa shape index (κ3) is 4.03. The Morgan fingerprint density at radius 1 is 1.55 bits per heavy atom. The van der Waals surface area contributed by atoms with E-state index in [2.05, 4.69) is 29.2 Å². The second kappa shape index (κ2) is 6.83. The molecule has 2 atom stereocenters. The molecular weight excluding hydrogens is 256 g/mol. The Morgan fingerprint density at radius 3 is 3.05 bits per heavy atom. The van der Waals surface area contributed by atoms with Crippen LogP contribution in [0.15, 0.2) is 6.33 Å². The molecule has 2 rings (SSSR count). The summed E-state index contributed by atoms with van der Waals surface area (Å²) in [5.41, 5.74) is 0. The molecule has 2 unspecified atom stereocenters. The Labute approximate surface area is 119 Å². The highest BCUT2D eigenvalue weighted by molar-refractivity contribution is 5.70. The minimum atomic E-state index is -0.667. The van der Waals surface area contributed by atoms with Crippen molar-refractivity contribution in [3.63, 3.8) is 0 Å². The Kier molecular flexibility index (Phi) is 5.11. The summed E-state index contributed by atoms with van der Waals surface area (Å²) < 4.78 is 1.93. The highest BCUT2D eigenvalue weighted by Gasteiger charge is 2.26. The molecule has 6 heteroatoms. The maximum Gasteiger partial charge on any atom is 0.306 e. The predicted molar refractivity (Wildman–Crippen MR) is 75.1 cm³/mol. The van der Waals surface area contributed by atoms with Gasteiger partial charge in [0.1, 0.15) is 12.2 Å². The molecule has 1 aromatic rings. The monoisotopic (exact) mass is 280 g/mol. The van der Waals surface area contributed by atoms with Crippen LogP contribution in [0.1, 0.15) is 45.4 Å². The fourth-order valence-corrected chi connectivity index (χ4v) is 2.76. The van der Waals surface area contributed by atoms with Crippen molar-refractivity contribution < 1.29 is 9.90 Å². The van der Waals surface area contributed by atoms with Gasteiger partial charge in [0.15, 0.2) is 0 Å². The summed E-state index contributed by atoms with van der Waals surface area (Å²) in [7, 11) is 0. The fourth-order valence-electron chi connectivity index (χ4n) is 2.76. The summed E-state index contributed by atoms with van der Waals surface area (Å²) in [6.45, 7) is 5.82. The van der Waals surface area contributed by atoms with Crippen molar-refractivity contribution in [2.75, 3.05) is 0 Å². The lowest BCUT2D eigenvalue weighted by Gasteiger charge is -2.27. The van der Waals surface area contributed by atoms with Crippen LogP contribution in [-0.2, 0) is 17.9 Å². The van der Waals surface area contributed by atoms with Crippen molar-refractivity contribution in [2.45, 2.75) is 58.7 Å². The van der Waals surface area contributed by atoms with Gasteiger partial charge in [-0.1, -0.05) is 20.3 Å². The van der Waals surface area contributed by atoms with Gasteiger partial charge in [-0.3, -0.25) is 4.79 Å². The molecule has 6 nitrogen and oxygen atoms in total. The topological polar surface area (TPSA) is 80.0 Å². The molecule has 0 saturated heterocycles. The quantitative estimate of drug-likeness (QED) is 0.828. The number of rotatable bonds is 6. The molecule has 0 radical (unpaired) electrons. The van der Waals surface area contributed by atoms with E-state index in [9.17, 15) is 4.79 Å². The number of aliphatic carboxylic acids is 1. The fraction of sp³-hybridized carbons (Fsp3) is 0.786. The summed E-state index contributed by atoms with van der Waals surface area (Å²) in [4.78, 5) is 15.3. The summed E-state index contributed by atoms with van der Waals surface area (Å²) in [5, 5.41) is 16.8. The van der Waals surface area contributed by atoms with Crippen LogP contribution in [0.2, 0.25) is 0 Å². The largest absolute Gasteiger partial charge is 0.481 e. The van der Waals surface area contributed by atoms with Crippen LogP contribution < -0.4 is 5.32 Å². The molecule has 2 N–H and O–H groups in total. The first kappa shape index (κ1) is 15.0. The van der Waals surface area contributed by atoms with Crippen LogP contribution >= 0.6 is 0 Å². The van der Waals surface area contributed by atoms with E-state index in [0.29, 0.717) is 18.9 Å². The van der Waals surface area contributed by atoms with Gasteiger partial charge in [-0.25, -0.2) is 9.67 Å². The third-order valence-electron chi connectivity index (χ3n) is 3.81. The molecule has 1 heterocycles. The van der Waals surface area contributed by atoms with Crippen molar-refractivity contribution in [1.82, 2.24) is 20.1 Å². The van der Waals surface area contributed by atoms with Gasteiger partial charge in [0.25, 0.3) is 0 Å². The van der Waals surface area contributed by atoms with Crippen molar-refractivity contribution in [3.05, 3.63) is 12.2 Å². The maximum atomic E-state index is 11.1. The highest BCUT2D eigenvalue weighted by atomic mass is 16.4. The second-order valence-corrected chi connectivity index (χ2v) is 6.03. The summed E-state index contributed by atoms with van der Waals surface area (Å²) >= 11 is 0. The van der Waals surface area contributed by atoms with Gasteiger partial charge in [-0.2, -0.15) is 5.10 Å². The molecule has 20 heavy (non-hydrogen) atoms. The smallest absolute Gasteiger partial charge is 0.306 e. The summed E-state index contributed by atoms with van der Waals surface area (Å²) in [6.07, 6.45) is 5.13. The molecule has 0 aromatic carbocycles. The van der Waals surface area contributed by atoms with E-state index < -0.39 is 5.97 Å². The van der Waals surface area contributed by atoms with Gasteiger partial charge < -0.3 is 10.4 Å². The van der Waals surface area contributed by atoms with Crippen LogP contribution in [-0.4, -0.2) is 31.9 Å². The number of carbonyl (C=O) groups is 1. The standard InChI is InChI=1S/C14H24N4O2/c1-10(2)8-18-13(16-9-17-18)7-15-12-5-3-4-11(6-12)14(19)20/h9-12,15H,3-8H2,1-2H3,(H,19,20). The number of hydrogen-bond acceptors (Lipinski definition) is 4. The van der Waals surface area contributed by atoms with Crippen LogP contribution in [0, 0.1) is 11.8 Å². The van der Waals surface area contributed by atoms with E-state index in [1.165, 1.54) is 0 Å². The van der Waals surface area contributed by atoms with Crippen molar-refractivity contribution in [3.8, 4) is 0 Å². The first-order chi connectivity index (χ1) is 9.56. The van der Waals surface area contributed by atoms with Gasteiger partial charge >= 0.3 is 5.97 Å². The Hall–Kier alpha value is -1.43. The molecule has 0 bridgehead atoms. The number of hydrogen-bond donors (Lipinski definition) is 2. The van der Waals surface area contributed by atoms with Gasteiger partial charge in [-0.15, -0.1) is 0 Å². The van der Waals surface area contributed by atoms with Gasteiger partial charge in [0.05, 0.1) is 12.5 Å². The average Bonchev–Trinajstić information content (AvgIpc) is 2.83. The molecule has 0 aliphatic heterocycles. The zero-order valence-electron chi connectivity index (χ0n) is 12.2. The van der Waals surface area contributed by atoms with Crippen LogP contribution in [0.4, 0.5) is 0 Å². The van der Waals surface area contributed by atoms with Gasteiger partial charge in [0, 0.05) is 12.6 Å². The minimum Gasteiger partial charge on any atom is -0.481 e. The van der Waals surface area contributed by atoms with E-state index in [1.807, 2.05) is 4.68 Å². The molecule has 0 spiro atoms. The average molecular weight is 280 g/mol. The molecule has 1 saturated carbocycles. The predicted octanol–water partition coefficient (Wildman–Crippen LogP) is 1.67. The van der Waals surface area contributed by atoms with Crippen LogP contribution in [0.25, 0.3) is 0 Å².